The molecule has 0 radical (unpaired) electrons. The summed E-state index contributed by atoms with van der Waals surface area (Å²) in [7, 11) is 1.50. The zero-order chi connectivity index (χ0) is 13.7. The predicted molar refractivity (Wildman–Crippen MR) is 76.2 cm³/mol. The number of carbonyl (C=O) groups excluding carboxylic acids is 1. The van der Waals surface area contributed by atoms with E-state index < -0.39 is 0 Å². The quantitative estimate of drug-likeness (QED) is 0.670. The minimum atomic E-state index is 0.0703. The Balaban J connectivity index is 1.99. The Morgan fingerprint density at radius 3 is 2.58 bits per heavy atom. The molecule has 19 heavy (non-hydrogen) atoms. The van der Waals surface area contributed by atoms with Crippen molar-refractivity contribution >= 4 is 17.5 Å². The Labute approximate surface area is 116 Å². The van der Waals surface area contributed by atoms with Gasteiger partial charge in [0.1, 0.15) is 0 Å². The average Bonchev–Trinajstić information content (AvgIpc) is 2.46. The maximum Gasteiger partial charge on any atom is 0.173 e. The summed E-state index contributed by atoms with van der Waals surface area (Å²) in [4.78, 5) is 12.8. The van der Waals surface area contributed by atoms with Crippen molar-refractivity contribution in [3.05, 3.63) is 54.1 Å². The summed E-state index contributed by atoms with van der Waals surface area (Å²) in [6.07, 6.45) is 0. The first-order valence-corrected chi connectivity index (χ1v) is 6.77. The molecule has 3 nitrogen and oxygen atoms in total. The summed E-state index contributed by atoms with van der Waals surface area (Å²) in [5.41, 5.74) is 0.702. The molecule has 0 saturated carbocycles. The standard InChI is InChI=1S/C15H14O3S/c1-18-15-8-7-12(9-13(15)16)19-10-14(17)11-5-3-2-4-6-11/h2-9,16H,10H2,1H3. The van der Waals surface area contributed by atoms with E-state index in [4.69, 9.17) is 4.74 Å². The van der Waals surface area contributed by atoms with Gasteiger partial charge in [0.25, 0.3) is 0 Å². The number of hydrogen-bond acceptors (Lipinski definition) is 4. The Kier molecular flexibility index (Phi) is 4.47. The summed E-state index contributed by atoms with van der Waals surface area (Å²) in [5.74, 6) is 0.926. The van der Waals surface area contributed by atoms with E-state index in [1.54, 1.807) is 24.3 Å². The number of phenols is 1. The van der Waals surface area contributed by atoms with E-state index >= 15 is 0 Å². The number of ether oxygens (including phenoxy) is 1. The van der Waals surface area contributed by atoms with Gasteiger partial charge in [-0.2, -0.15) is 0 Å². The third kappa shape index (κ3) is 3.51. The summed E-state index contributed by atoms with van der Waals surface area (Å²) >= 11 is 1.39. The van der Waals surface area contributed by atoms with Gasteiger partial charge in [-0.3, -0.25) is 4.79 Å². The molecule has 98 valence electrons. The maximum atomic E-state index is 11.9. The molecule has 4 heteroatoms. The van der Waals surface area contributed by atoms with Gasteiger partial charge in [-0.1, -0.05) is 30.3 Å². The molecular formula is C15H14O3S. The average molecular weight is 274 g/mol. The number of hydrogen-bond donors (Lipinski definition) is 1. The lowest BCUT2D eigenvalue weighted by atomic mass is 10.2. The van der Waals surface area contributed by atoms with Crippen LogP contribution in [0.4, 0.5) is 0 Å². The van der Waals surface area contributed by atoms with E-state index in [-0.39, 0.29) is 11.5 Å². The van der Waals surface area contributed by atoms with Crippen molar-refractivity contribution in [1.82, 2.24) is 0 Å². The first-order chi connectivity index (χ1) is 9.20. The molecule has 0 atom stereocenters. The molecule has 2 aromatic carbocycles. The number of thioether (sulfide) groups is 1. The van der Waals surface area contributed by atoms with Gasteiger partial charge in [0, 0.05) is 10.5 Å². The van der Waals surface area contributed by atoms with Crippen LogP contribution >= 0.6 is 11.8 Å². The minimum absolute atomic E-state index is 0.0703. The lowest BCUT2D eigenvalue weighted by molar-refractivity contribution is 0.102. The molecule has 0 aliphatic rings. The van der Waals surface area contributed by atoms with E-state index in [9.17, 15) is 9.90 Å². The molecule has 0 aliphatic carbocycles. The third-order valence-corrected chi connectivity index (χ3v) is 3.61. The van der Waals surface area contributed by atoms with Crippen LogP contribution in [0.5, 0.6) is 11.5 Å². The fourth-order valence-corrected chi connectivity index (χ4v) is 2.44. The van der Waals surface area contributed by atoms with Crippen LogP contribution in [0.15, 0.2) is 53.4 Å². The van der Waals surface area contributed by atoms with Crippen LogP contribution in [0.25, 0.3) is 0 Å². The molecule has 2 rings (SSSR count). The summed E-state index contributed by atoms with van der Waals surface area (Å²) < 4.78 is 4.97. The number of ketones is 1. The van der Waals surface area contributed by atoms with E-state index in [2.05, 4.69) is 0 Å². The first kappa shape index (κ1) is 13.5. The molecule has 0 saturated heterocycles. The topological polar surface area (TPSA) is 46.5 Å². The van der Waals surface area contributed by atoms with Crippen molar-refractivity contribution in [1.29, 1.82) is 0 Å². The Bertz CT molecular complexity index is 567. The molecule has 0 aromatic heterocycles. The van der Waals surface area contributed by atoms with Crippen molar-refractivity contribution < 1.29 is 14.6 Å². The van der Waals surface area contributed by atoms with Crippen LogP contribution in [0.2, 0.25) is 0 Å². The number of rotatable bonds is 5. The number of benzene rings is 2. The third-order valence-electron chi connectivity index (χ3n) is 2.62. The number of phenolic OH excluding ortho intramolecular Hbond substituents is 1. The molecule has 0 aliphatic heterocycles. The highest BCUT2D eigenvalue weighted by Crippen LogP contribution is 2.31. The Morgan fingerprint density at radius 2 is 1.95 bits per heavy atom. The van der Waals surface area contributed by atoms with Gasteiger partial charge in [-0.25, -0.2) is 0 Å². The molecule has 0 heterocycles. The summed E-state index contributed by atoms with van der Waals surface area (Å²) in [6, 6.07) is 14.3. The van der Waals surface area contributed by atoms with Crippen LogP contribution < -0.4 is 4.74 Å². The largest absolute Gasteiger partial charge is 0.504 e. The Hall–Kier alpha value is -1.94. The van der Waals surface area contributed by atoms with Crippen LogP contribution in [-0.2, 0) is 0 Å². The highest BCUT2D eigenvalue weighted by molar-refractivity contribution is 8.00. The number of methoxy groups -OCH3 is 1. The van der Waals surface area contributed by atoms with E-state index in [1.165, 1.54) is 18.9 Å². The van der Waals surface area contributed by atoms with Gasteiger partial charge in [-0.05, 0) is 18.2 Å². The molecule has 0 unspecified atom stereocenters. The zero-order valence-electron chi connectivity index (χ0n) is 10.5. The smallest absolute Gasteiger partial charge is 0.173 e. The van der Waals surface area contributed by atoms with Crippen molar-refractivity contribution in [2.45, 2.75) is 4.90 Å². The van der Waals surface area contributed by atoms with Crippen molar-refractivity contribution in [2.75, 3.05) is 12.9 Å². The predicted octanol–water partition coefficient (Wildman–Crippen LogP) is 3.38. The SMILES string of the molecule is COc1ccc(SCC(=O)c2ccccc2)cc1O. The molecule has 0 amide bonds. The minimum Gasteiger partial charge on any atom is -0.504 e. The van der Waals surface area contributed by atoms with Gasteiger partial charge in [0.2, 0.25) is 0 Å². The lowest BCUT2D eigenvalue weighted by Gasteiger charge is -2.06. The van der Waals surface area contributed by atoms with Crippen molar-refractivity contribution in [3.63, 3.8) is 0 Å². The zero-order valence-corrected chi connectivity index (χ0v) is 11.3. The number of aromatic hydroxyl groups is 1. The van der Waals surface area contributed by atoms with E-state index in [1.807, 2.05) is 24.3 Å². The van der Waals surface area contributed by atoms with E-state index in [0.717, 1.165) is 4.90 Å². The number of Topliss-reactive ketones (excluding diaryl/α,β-unsaturated/α-hetero) is 1. The van der Waals surface area contributed by atoms with Crippen molar-refractivity contribution in [2.24, 2.45) is 0 Å². The highest BCUT2D eigenvalue weighted by Gasteiger charge is 2.07. The van der Waals surface area contributed by atoms with Gasteiger partial charge in [0.15, 0.2) is 17.3 Å². The molecule has 0 spiro atoms. The van der Waals surface area contributed by atoms with Crippen LogP contribution in [-0.4, -0.2) is 23.8 Å². The van der Waals surface area contributed by atoms with E-state index in [0.29, 0.717) is 17.1 Å². The second-order valence-electron chi connectivity index (χ2n) is 3.91. The second kappa shape index (κ2) is 6.29. The second-order valence-corrected chi connectivity index (χ2v) is 4.96. The van der Waals surface area contributed by atoms with Crippen LogP contribution in [0.3, 0.4) is 0 Å². The van der Waals surface area contributed by atoms with Crippen LogP contribution in [0, 0.1) is 0 Å². The summed E-state index contributed by atoms with van der Waals surface area (Å²) in [5, 5.41) is 9.65. The number of carbonyl (C=O) groups is 1. The van der Waals surface area contributed by atoms with Gasteiger partial charge in [0.05, 0.1) is 12.9 Å². The van der Waals surface area contributed by atoms with Crippen molar-refractivity contribution in [3.8, 4) is 11.5 Å². The van der Waals surface area contributed by atoms with Gasteiger partial charge >= 0.3 is 0 Å². The Morgan fingerprint density at radius 1 is 1.21 bits per heavy atom. The summed E-state index contributed by atoms with van der Waals surface area (Å²) in [6.45, 7) is 0. The molecule has 1 N–H and O–H groups in total. The molecule has 2 aromatic rings. The maximum absolute atomic E-state index is 11.9. The highest BCUT2D eigenvalue weighted by atomic mass is 32.2. The lowest BCUT2D eigenvalue weighted by Crippen LogP contribution is -2.01. The van der Waals surface area contributed by atoms with Crippen LogP contribution in [0.1, 0.15) is 10.4 Å². The molecule has 0 fully saturated rings. The molecule has 0 bridgehead atoms. The monoisotopic (exact) mass is 274 g/mol. The fraction of sp³-hybridized carbons (Fsp3) is 0.133. The van der Waals surface area contributed by atoms with Gasteiger partial charge in [-0.15, -0.1) is 11.8 Å². The molecular weight excluding hydrogens is 260 g/mol. The van der Waals surface area contributed by atoms with Gasteiger partial charge < -0.3 is 9.84 Å². The normalized spacial score (nSPS) is 10.2. The first-order valence-electron chi connectivity index (χ1n) is 5.79. The fourth-order valence-electron chi connectivity index (χ4n) is 1.62.